The number of rotatable bonds is 6. The molecular weight excluding hydrogens is 366 g/mol. The van der Waals surface area contributed by atoms with Crippen LogP contribution in [0.1, 0.15) is 21.6 Å². The van der Waals surface area contributed by atoms with Crippen molar-refractivity contribution in [1.29, 1.82) is 0 Å². The van der Waals surface area contributed by atoms with Gasteiger partial charge >= 0.3 is 5.97 Å². The number of nitrogens with one attached hydrogen (secondary N) is 2. The zero-order chi connectivity index (χ0) is 19.2. The highest BCUT2D eigenvalue weighted by molar-refractivity contribution is 6.33. The average molecular weight is 384 g/mol. The maximum absolute atomic E-state index is 11.7. The van der Waals surface area contributed by atoms with Crippen LogP contribution in [0.4, 0.5) is 17.5 Å². The number of anilines is 3. The Labute approximate surface area is 161 Å². The lowest BCUT2D eigenvalue weighted by Crippen LogP contribution is -2.07. The van der Waals surface area contributed by atoms with E-state index in [2.05, 4.69) is 25.6 Å². The van der Waals surface area contributed by atoms with Gasteiger partial charge in [-0.3, -0.25) is 4.98 Å². The molecule has 0 spiro atoms. The number of nitrogens with zero attached hydrogens (tertiary/aromatic N) is 3. The smallest absolute Gasteiger partial charge is 0.337 e. The Balaban J connectivity index is 1.79. The Hall–Kier alpha value is -3.19. The molecule has 0 fully saturated rings. The number of benzene rings is 1. The van der Waals surface area contributed by atoms with Crippen molar-refractivity contribution in [3.05, 3.63) is 70.6 Å². The largest absolute Gasteiger partial charge is 0.465 e. The van der Waals surface area contributed by atoms with Crippen LogP contribution in [0.2, 0.25) is 5.02 Å². The molecular formula is C19H18ClN5O2. The molecule has 0 aliphatic carbocycles. The van der Waals surface area contributed by atoms with Crippen LogP contribution in [0.15, 0.2) is 48.8 Å². The third-order valence-corrected chi connectivity index (χ3v) is 4.01. The molecule has 0 amide bonds. The van der Waals surface area contributed by atoms with Gasteiger partial charge in [-0.1, -0.05) is 17.7 Å². The molecule has 3 rings (SSSR count). The molecule has 0 aliphatic rings. The van der Waals surface area contributed by atoms with Crippen molar-refractivity contribution in [3.8, 4) is 0 Å². The quantitative estimate of drug-likeness (QED) is 0.622. The minimum Gasteiger partial charge on any atom is -0.465 e. The summed E-state index contributed by atoms with van der Waals surface area (Å²) < 4.78 is 4.74. The van der Waals surface area contributed by atoms with Crippen molar-refractivity contribution in [3.63, 3.8) is 0 Å². The highest BCUT2D eigenvalue weighted by Crippen LogP contribution is 2.27. The number of hydrogen-bond donors (Lipinski definition) is 2. The minimum atomic E-state index is -0.438. The second kappa shape index (κ2) is 8.46. The average Bonchev–Trinajstić information content (AvgIpc) is 2.68. The number of carbonyl (C=O) groups is 1. The van der Waals surface area contributed by atoms with E-state index in [1.807, 2.05) is 19.1 Å². The maximum Gasteiger partial charge on any atom is 0.337 e. The molecule has 0 aliphatic heterocycles. The van der Waals surface area contributed by atoms with E-state index >= 15 is 0 Å². The van der Waals surface area contributed by atoms with E-state index in [0.717, 1.165) is 11.3 Å². The Bertz CT molecular complexity index is 950. The molecule has 0 bridgehead atoms. The highest BCUT2D eigenvalue weighted by Gasteiger charge is 2.10. The summed E-state index contributed by atoms with van der Waals surface area (Å²) in [5.74, 6) is 0.592. The number of aromatic nitrogens is 3. The summed E-state index contributed by atoms with van der Waals surface area (Å²) in [4.78, 5) is 24.6. The molecule has 2 N–H and O–H groups in total. The van der Waals surface area contributed by atoms with E-state index in [1.165, 1.54) is 7.11 Å². The van der Waals surface area contributed by atoms with Crippen molar-refractivity contribution < 1.29 is 9.53 Å². The number of carbonyl (C=O) groups excluding carboxylic acids is 1. The Morgan fingerprint density at radius 3 is 2.81 bits per heavy atom. The van der Waals surface area contributed by atoms with E-state index in [4.69, 9.17) is 16.3 Å². The molecule has 0 unspecified atom stereocenters. The van der Waals surface area contributed by atoms with Gasteiger partial charge in [-0.2, -0.15) is 4.98 Å². The summed E-state index contributed by atoms with van der Waals surface area (Å²) >= 11 is 6.23. The van der Waals surface area contributed by atoms with Crippen molar-refractivity contribution in [2.45, 2.75) is 13.5 Å². The molecule has 0 atom stereocenters. The van der Waals surface area contributed by atoms with Crippen molar-refractivity contribution >= 4 is 35.0 Å². The van der Waals surface area contributed by atoms with Gasteiger partial charge in [0.1, 0.15) is 5.82 Å². The lowest BCUT2D eigenvalue weighted by Gasteiger charge is -2.12. The number of esters is 1. The van der Waals surface area contributed by atoms with Gasteiger partial charge in [-0.05, 0) is 36.8 Å². The van der Waals surface area contributed by atoms with Crippen molar-refractivity contribution in [2.75, 3.05) is 17.7 Å². The second-order valence-corrected chi connectivity index (χ2v) is 6.15. The van der Waals surface area contributed by atoms with Crippen LogP contribution in [0.5, 0.6) is 0 Å². The lowest BCUT2D eigenvalue weighted by atomic mass is 10.2. The Morgan fingerprint density at radius 1 is 1.22 bits per heavy atom. The molecule has 2 aromatic heterocycles. The lowest BCUT2D eigenvalue weighted by molar-refractivity contribution is 0.0601. The van der Waals surface area contributed by atoms with Crippen LogP contribution in [0.25, 0.3) is 0 Å². The van der Waals surface area contributed by atoms with Crippen LogP contribution >= 0.6 is 11.6 Å². The number of aryl methyl sites for hydroxylation is 1. The molecule has 0 radical (unpaired) electrons. The van der Waals surface area contributed by atoms with Gasteiger partial charge < -0.3 is 15.4 Å². The zero-order valence-corrected chi connectivity index (χ0v) is 15.6. The second-order valence-electron chi connectivity index (χ2n) is 5.74. The third-order valence-electron chi connectivity index (χ3n) is 3.68. The molecule has 3 aromatic rings. The van der Waals surface area contributed by atoms with Gasteiger partial charge in [0.05, 0.1) is 23.4 Å². The standard InChI is InChI=1S/C19H18ClN5O2/c1-12-8-17(24-16-9-14(18(26)27-2)5-6-15(16)20)25-19(23-12)22-11-13-4-3-7-21-10-13/h3-10H,11H2,1-2H3,(H2,22,23,24,25). The third kappa shape index (κ3) is 4.92. The topological polar surface area (TPSA) is 89.0 Å². The van der Waals surface area contributed by atoms with Crippen LogP contribution in [-0.2, 0) is 11.3 Å². The summed E-state index contributed by atoms with van der Waals surface area (Å²) in [5, 5.41) is 6.76. The fourth-order valence-corrected chi connectivity index (χ4v) is 2.56. The highest BCUT2D eigenvalue weighted by atomic mass is 35.5. The predicted molar refractivity (Wildman–Crippen MR) is 104 cm³/mol. The number of pyridine rings is 1. The normalized spacial score (nSPS) is 10.3. The summed E-state index contributed by atoms with van der Waals surface area (Å²) in [6, 6.07) is 10.5. The molecule has 27 heavy (non-hydrogen) atoms. The fraction of sp³-hybridized carbons (Fsp3) is 0.158. The van der Waals surface area contributed by atoms with Gasteiger partial charge in [-0.15, -0.1) is 0 Å². The number of hydrogen-bond acceptors (Lipinski definition) is 7. The molecule has 138 valence electrons. The van der Waals surface area contributed by atoms with Gasteiger partial charge in [-0.25, -0.2) is 9.78 Å². The van der Waals surface area contributed by atoms with Gasteiger partial charge in [0.15, 0.2) is 0 Å². The predicted octanol–water partition coefficient (Wildman–Crippen LogP) is 3.98. The monoisotopic (exact) mass is 383 g/mol. The summed E-state index contributed by atoms with van der Waals surface area (Å²) in [6.07, 6.45) is 3.50. The van der Waals surface area contributed by atoms with E-state index in [0.29, 0.717) is 34.6 Å². The Morgan fingerprint density at radius 2 is 2.07 bits per heavy atom. The number of halogens is 1. The number of ether oxygens (including phenoxy) is 1. The molecule has 2 heterocycles. The van der Waals surface area contributed by atoms with Gasteiger partial charge in [0.25, 0.3) is 0 Å². The molecule has 0 saturated heterocycles. The molecule has 7 nitrogen and oxygen atoms in total. The SMILES string of the molecule is COC(=O)c1ccc(Cl)c(Nc2cc(C)nc(NCc3cccnc3)n2)c1. The van der Waals surface area contributed by atoms with E-state index in [-0.39, 0.29) is 0 Å². The van der Waals surface area contributed by atoms with Gasteiger partial charge in [0.2, 0.25) is 5.95 Å². The molecule has 0 saturated carbocycles. The first-order valence-electron chi connectivity index (χ1n) is 8.18. The van der Waals surface area contributed by atoms with E-state index in [1.54, 1.807) is 36.7 Å². The summed E-state index contributed by atoms with van der Waals surface area (Å²) in [7, 11) is 1.33. The Kier molecular flexibility index (Phi) is 5.83. The summed E-state index contributed by atoms with van der Waals surface area (Å²) in [5.41, 5.74) is 2.74. The van der Waals surface area contributed by atoms with Crippen LogP contribution < -0.4 is 10.6 Å². The fourth-order valence-electron chi connectivity index (χ4n) is 2.40. The van der Waals surface area contributed by atoms with Gasteiger partial charge in [0, 0.05) is 30.7 Å². The number of methoxy groups -OCH3 is 1. The van der Waals surface area contributed by atoms with Crippen LogP contribution in [0, 0.1) is 6.92 Å². The van der Waals surface area contributed by atoms with E-state index < -0.39 is 5.97 Å². The maximum atomic E-state index is 11.7. The molecule has 8 heteroatoms. The first-order chi connectivity index (χ1) is 13.0. The van der Waals surface area contributed by atoms with Crippen LogP contribution in [0.3, 0.4) is 0 Å². The summed E-state index contributed by atoms with van der Waals surface area (Å²) in [6.45, 7) is 2.42. The minimum absolute atomic E-state index is 0.394. The first-order valence-corrected chi connectivity index (χ1v) is 8.56. The molecule has 1 aromatic carbocycles. The first kappa shape index (κ1) is 18.6. The van der Waals surface area contributed by atoms with E-state index in [9.17, 15) is 4.79 Å². The van der Waals surface area contributed by atoms with Crippen LogP contribution in [-0.4, -0.2) is 28.0 Å². The zero-order valence-electron chi connectivity index (χ0n) is 14.9. The van der Waals surface area contributed by atoms with Crippen molar-refractivity contribution in [2.24, 2.45) is 0 Å². The van der Waals surface area contributed by atoms with Crippen molar-refractivity contribution in [1.82, 2.24) is 15.0 Å².